The van der Waals surface area contributed by atoms with Crippen molar-refractivity contribution in [3.8, 4) is 0 Å². The second kappa shape index (κ2) is 5.52. The maximum atomic E-state index is 14.1. The second-order valence-electron chi connectivity index (χ2n) is 6.53. The van der Waals surface area contributed by atoms with Crippen LogP contribution < -0.4 is 10.2 Å². The molecule has 2 unspecified atom stereocenters. The van der Waals surface area contributed by atoms with Gasteiger partial charge in [-0.2, -0.15) is 0 Å². The number of piperazine rings is 1. The smallest absolute Gasteiger partial charge is 0.152 e. The van der Waals surface area contributed by atoms with Gasteiger partial charge in [0.25, 0.3) is 0 Å². The summed E-state index contributed by atoms with van der Waals surface area (Å²) < 4.78 is 41.4. The van der Waals surface area contributed by atoms with E-state index in [0.717, 1.165) is 12.1 Å². The molecule has 2 atom stereocenters. The Morgan fingerprint density at radius 1 is 1.14 bits per heavy atom. The molecule has 1 aromatic rings. The lowest BCUT2D eigenvalue weighted by Gasteiger charge is -2.44. The summed E-state index contributed by atoms with van der Waals surface area (Å²) >= 11 is 0. The van der Waals surface area contributed by atoms with Gasteiger partial charge in [-0.25, -0.2) is 13.2 Å². The summed E-state index contributed by atoms with van der Waals surface area (Å²) in [6.07, 6.45) is 2.35. The summed E-state index contributed by atoms with van der Waals surface area (Å²) in [7, 11) is 0. The Hall–Kier alpha value is -1.23. The van der Waals surface area contributed by atoms with Crippen molar-refractivity contribution in [2.24, 2.45) is 11.8 Å². The zero-order chi connectivity index (χ0) is 15.1. The lowest BCUT2D eigenvalue weighted by molar-refractivity contribution is 0.315. The van der Waals surface area contributed by atoms with E-state index in [9.17, 15) is 13.2 Å². The number of halogens is 3. The molecule has 21 heavy (non-hydrogen) atoms. The predicted octanol–water partition coefficient (Wildman–Crippen LogP) is 3.32. The molecule has 1 N–H and O–H groups in total. The van der Waals surface area contributed by atoms with Gasteiger partial charge in [-0.1, -0.05) is 13.8 Å². The summed E-state index contributed by atoms with van der Waals surface area (Å²) in [6.45, 7) is 5.36. The molecule has 1 saturated carbocycles. The Labute approximate surface area is 123 Å². The van der Waals surface area contributed by atoms with E-state index in [4.69, 9.17) is 0 Å². The van der Waals surface area contributed by atoms with E-state index < -0.39 is 17.5 Å². The molecule has 0 amide bonds. The predicted molar refractivity (Wildman–Crippen MR) is 76.8 cm³/mol. The molecule has 0 spiro atoms. The minimum Gasteiger partial charge on any atom is -0.361 e. The maximum Gasteiger partial charge on any atom is 0.152 e. The van der Waals surface area contributed by atoms with Gasteiger partial charge in [0.15, 0.2) is 11.6 Å². The molecule has 0 aromatic heterocycles. The van der Waals surface area contributed by atoms with E-state index in [1.54, 1.807) is 4.90 Å². The van der Waals surface area contributed by atoms with Crippen LogP contribution in [0.5, 0.6) is 0 Å². The first kappa shape index (κ1) is 14.7. The van der Waals surface area contributed by atoms with Gasteiger partial charge >= 0.3 is 0 Å². The van der Waals surface area contributed by atoms with E-state index in [0.29, 0.717) is 19.0 Å². The first-order valence-corrected chi connectivity index (χ1v) is 7.62. The molecule has 5 heteroatoms. The fourth-order valence-electron chi connectivity index (χ4n) is 3.27. The van der Waals surface area contributed by atoms with Gasteiger partial charge in [-0.15, -0.1) is 0 Å². The molecule has 116 valence electrons. The highest BCUT2D eigenvalue weighted by Crippen LogP contribution is 2.37. The topological polar surface area (TPSA) is 15.3 Å². The summed E-state index contributed by atoms with van der Waals surface area (Å²) in [5.74, 6) is -1.64. The lowest BCUT2D eigenvalue weighted by atomic mass is 9.96. The van der Waals surface area contributed by atoms with Crippen molar-refractivity contribution in [2.45, 2.75) is 38.8 Å². The van der Waals surface area contributed by atoms with Gasteiger partial charge in [-0.05, 0) is 24.7 Å². The van der Waals surface area contributed by atoms with E-state index in [-0.39, 0.29) is 23.7 Å². The van der Waals surface area contributed by atoms with Crippen molar-refractivity contribution in [1.82, 2.24) is 5.32 Å². The number of hydrogen-bond acceptors (Lipinski definition) is 2. The minimum absolute atomic E-state index is 0.00876. The normalized spacial score (nSPS) is 26.5. The van der Waals surface area contributed by atoms with Crippen LogP contribution in [0, 0.1) is 29.3 Å². The van der Waals surface area contributed by atoms with Gasteiger partial charge < -0.3 is 10.2 Å². The largest absolute Gasteiger partial charge is 0.361 e. The van der Waals surface area contributed by atoms with Crippen molar-refractivity contribution in [1.29, 1.82) is 0 Å². The maximum absolute atomic E-state index is 14.1. The summed E-state index contributed by atoms with van der Waals surface area (Å²) in [4.78, 5) is 1.80. The van der Waals surface area contributed by atoms with Gasteiger partial charge in [0.2, 0.25) is 0 Å². The van der Waals surface area contributed by atoms with Crippen LogP contribution in [0.15, 0.2) is 12.1 Å². The van der Waals surface area contributed by atoms with Crippen LogP contribution in [-0.2, 0) is 0 Å². The number of rotatable bonds is 3. The Morgan fingerprint density at radius 3 is 2.29 bits per heavy atom. The van der Waals surface area contributed by atoms with Crippen molar-refractivity contribution in [3.05, 3.63) is 29.6 Å². The number of nitrogens with one attached hydrogen (secondary N) is 1. The van der Waals surface area contributed by atoms with Crippen molar-refractivity contribution < 1.29 is 13.2 Å². The molecule has 2 fully saturated rings. The average Bonchev–Trinajstić information content (AvgIpc) is 3.21. The Kier molecular flexibility index (Phi) is 3.86. The van der Waals surface area contributed by atoms with Crippen molar-refractivity contribution in [2.75, 3.05) is 18.0 Å². The third kappa shape index (κ3) is 2.89. The van der Waals surface area contributed by atoms with E-state index in [1.807, 2.05) is 13.8 Å². The standard InChI is InChI=1S/C16H21F3N2/c1-9(2)15-7-20-14(10-3-4-10)8-21(15)16-12(18)5-11(17)6-13(16)19/h5-6,9-10,14-15,20H,3-4,7-8H2,1-2H3. The summed E-state index contributed by atoms with van der Waals surface area (Å²) in [5.41, 5.74) is -0.0812. The van der Waals surface area contributed by atoms with Gasteiger partial charge in [0.05, 0.1) is 0 Å². The average molecular weight is 298 g/mol. The van der Waals surface area contributed by atoms with Crippen molar-refractivity contribution in [3.63, 3.8) is 0 Å². The molecule has 2 aliphatic rings. The van der Waals surface area contributed by atoms with E-state index in [1.165, 1.54) is 12.8 Å². The lowest BCUT2D eigenvalue weighted by Crippen LogP contribution is -2.59. The molecule has 1 aromatic carbocycles. The number of nitrogens with zero attached hydrogens (tertiary/aromatic N) is 1. The van der Waals surface area contributed by atoms with Gasteiger partial charge in [0, 0.05) is 37.3 Å². The first-order valence-electron chi connectivity index (χ1n) is 7.62. The fraction of sp³-hybridized carbons (Fsp3) is 0.625. The first-order chi connectivity index (χ1) is 9.97. The van der Waals surface area contributed by atoms with Gasteiger partial charge in [-0.3, -0.25) is 0 Å². The molecule has 1 aliphatic carbocycles. The number of benzene rings is 1. The Bertz CT molecular complexity index is 505. The molecule has 1 aliphatic heterocycles. The molecule has 0 bridgehead atoms. The Morgan fingerprint density at radius 2 is 1.76 bits per heavy atom. The third-order valence-electron chi connectivity index (χ3n) is 4.61. The highest BCUT2D eigenvalue weighted by molar-refractivity contribution is 5.51. The quantitative estimate of drug-likeness (QED) is 0.921. The highest BCUT2D eigenvalue weighted by Gasteiger charge is 2.39. The molecule has 1 saturated heterocycles. The highest BCUT2D eigenvalue weighted by atomic mass is 19.1. The number of anilines is 1. The van der Waals surface area contributed by atoms with Crippen LogP contribution in [0.4, 0.5) is 18.9 Å². The van der Waals surface area contributed by atoms with Gasteiger partial charge in [0.1, 0.15) is 11.5 Å². The monoisotopic (exact) mass is 298 g/mol. The van der Waals surface area contributed by atoms with Crippen LogP contribution in [0.3, 0.4) is 0 Å². The minimum atomic E-state index is -0.872. The fourth-order valence-corrected chi connectivity index (χ4v) is 3.27. The van der Waals surface area contributed by atoms with Crippen LogP contribution >= 0.6 is 0 Å². The summed E-state index contributed by atoms with van der Waals surface area (Å²) in [5, 5.41) is 3.50. The third-order valence-corrected chi connectivity index (χ3v) is 4.61. The zero-order valence-electron chi connectivity index (χ0n) is 12.4. The zero-order valence-corrected chi connectivity index (χ0v) is 12.4. The van der Waals surface area contributed by atoms with E-state index in [2.05, 4.69) is 5.32 Å². The molecule has 1 heterocycles. The molecule has 3 rings (SSSR count). The Balaban J connectivity index is 1.94. The molecule has 0 radical (unpaired) electrons. The van der Waals surface area contributed by atoms with Crippen LogP contribution in [0.25, 0.3) is 0 Å². The van der Waals surface area contributed by atoms with Crippen molar-refractivity contribution >= 4 is 5.69 Å². The second-order valence-corrected chi connectivity index (χ2v) is 6.53. The van der Waals surface area contributed by atoms with E-state index >= 15 is 0 Å². The molecular weight excluding hydrogens is 277 g/mol. The summed E-state index contributed by atoms with van der Waals surface area (Å²) in [6, 6.07) is 1.81. The number of hydrogen-bond donors (Lipinski definition) is 1. The SMILES string of the molecule is CC(C)C1CNC(C2CC2)CN1c1c(F)cc(F)cc1F. The van der Waals surface area contributed by atoms with Crippen LogP contribution in [0.2, 0.25) is 0 Å². The molecular formula is C16H21F3N2. The molecule has 2 nitrogen and oxygen atoms in total. The van der Waals surface area contributed by atoms with Crippen LogP contribution in [-0.4, -0.2) is 25.2 Å². The van der Waals surface area contributed by atoms with Crippen LogP contribution in [0.1, 0.15) is 26.7 Å².